The number of hydrogen-bond acceptors (Lipinski definition) is 2. The molecule has 1 heterocycles. The lowest BCUT2D eigenvalue weighted by Crippen LogP contribution is -2.48. The lowest BCUT2D eigenvalue weighted by Gasteiger charge is -2.36. The van der Waals surface area contributed by atoms with Gasteiger partial charge in [-0.05, 0) is 45.7 Å². The third-order valence-electron chi connectivity index (χ3n) is 3.86. The normalized spacial score (nSPS) is 31.7. The van der Waals surface area contributed by atoms with Crippen molar-refractivity contribution in [1.29, 1.82) is 0 Å². The molecule has 1 saturated heterocycles. The lowest BCUT2D eigenvalue weighted by atomic mass is 10.0. The summed E-state index contributed by atoms with van der Waals surface area (Å²) in [6.45, 7) is 5.01. The molecule has 2 aliphatic rings. The number of nitrogens with zero attached hydrogens (tertiary/aromatic N) is 1. The quantitative estimate of drug-likeness (QED) is 0.738. The molecule has 2 fully saturated rings. The molecule has 0 aromatic heterocycles. The minimum atomic E-state index is 0.741. The number of hydrogen-bond donors (Lipinski definition) is 1. The van der Waals surface area contributed by atoms with Gasteiger partial charge in [0.25, 0.3) is 0 Å². The largest absolute Gasteiger partial charge is 0.316 e. The van der Waals surface area contributed by atoms with E-state index < -0.39 is 0 Å². The van der Waals surface area contributed by atoms with Gasteiger partial charge in [-0.2, -0.15) is 0 Å². The minimum Gasteiger partial charge on any atom is -0.316 e. The Morgan fingerprint density at radius 1 is 1.36 bits per heavy atom. The van der Waals surface area contributed by atoms with Gasteiger partial charge < -0.3 is 5.32 Å². The first-order valence-corrected chi connectivity index (χ1v) is 6.21. The molecule has 1 aliphatic carbocycles. The van der Waals surface area contributed by atoms with Gasteiger partial charge in [0.05, 0.1) is 0 Å². The predicted molar refractivity (Wildman–Crippen MR) is 60.5 cm³/mol. The van der Waals surface area contributed by atoms with Gasteiger partial charge in [0, 0.05) is 18.6 Å². The van der Waals surface area contributed by atoms with Crippen molar-refractivity contribution in [3.8, 4) is 0 Å². The Morgan fingerprint density at radius 3 is 2.79 bits per heavy atom. The molecule has 0 radical (unpaired) electrons. The van der Waals surface area contributed by atoms with Crippen LogP contribution in [0.25, 0.3) is 0 Å². The van der Waals surface area contributed by atoms with Crippen LogP contribution in [0.2, 0.25) is 0 Å². The van der Waals surface area contributed by atoms with E-state index in [1.165, 1.54) is 45.2 Å². The molecule has 0 bridgehead atoms. The molecule has 2 atom stereocenters. The molecule has 1 N–H and O–H groups in total. The summed E-state index contributed by atoms with van der Waals surface area (Å²) in [5.74, 6) is 1.07. The third-order valence-corrected chi connectivity index (χ3v) is 3.86. The summed E-state index contributed by atoms with van der Waals surface area (Å²) >= 11 is 0. The van der Waals surface area contributed by atoms with Crippen LogP contribution in [-0.4, -0.2) is 37.1 Å². The van der Waals surface area contributed by atoms with Crippen molar-refractivity contribution in [2.45, 2.75) is 51.1 Å². The lowest BCUT2D eigenvalue weighted by molar-refractivity contribution is 0.139. The van der Waals surface area contributed by atoms with Crippen LogP contribution in [0.1, 0.15) is 39.0 Å². The molecule has 0 aromatic rings. The zero-order chi connectivity index (χ0) is 9.97. The average molecular weight is 196 g/mol. The first kappa shape index (κ1) is 10.4. The first-order chi connectivity index (χ1) is 6.79. The Kier molecular flexibility index (Phi) is 3.45. The summed E-state index contributed by atoms with van der Waals surface area (Å²) in [7, 11) is 2.10. The zero-order valence-corrected chi connectivity index (χ0v) is 9.63. The monoisotopic (exact) mass is 196 g/mol. The molecule has 2 unspecified atom stereocenters. The van der Waals surface area contributed by atoms with E-state index in [0.717, 1.165) is 18.0 Å². The van der Waals surface area contributed by atoms with Crippen LogP contribution in [0.15, 0.2) is 0 Å². The van der Waals surface area contributed by atoms with Gasteiger partial charge in [0.15, 0.2) is 0 Å². The molecular weight excluding hydrogens is 172 g/mol. The van der Waals surface area contributed by atoms with Crippen molar-refractivity contribution in [3.05, 3.63) is 0 Å². The predicted octanol–water partition coefficient (Wildman–Crippen LogP) is 1.86. The summed E-state index contributed by atoms with van der Waals surface area (Å²) in [6, 6.07) is 1.56. The molecule has 0 amide bonds. The fourth-order valence-corrected chi connectivity index (χ4v) is 2.63. The minimum absolute atomic E-state index is 0.741. The average Bonchev–Trinajstić information content (AvgIpc) is 3.02. The van der Waals surface area contributed by atoms with Crippen molar-refractivity contribution >= 4 is 0 Å². The van der Waals surface area contributed by atoms with Crippen LogP contribution in [0.5, 0.6) is 0 Å². The third kappa shape index (κ3) is 2.71. The van der Waals surface area contributed by atoms with E-state index in [2.05, 4.69) is 24.2 Å². The van der Waals surface area contributed by atoms with Crippen molar-refractivity contribution in [1.82, 2.24) is 10.2 Å². The van der Waals surface area contributed by atoms with Crippen molar-refractivity contribution in [2.75, 3.05) is 20.1 Å². The van der Waals surface area contributed by atoms with E-state index in [4.69, 9.17) is 0 Å². The van der Waals surface area contributed by atoms with Crippen LogP contribution >= 0.6 is 0 Å². The van der Waals surface area contributed by atoms with E-state index in [-0.39, 0.29) is 0 Å². The van der Waals surface area contributed by atoms with Crippen LogP contribution in [0.3, 0.4) is 0 Å². The molecule has 82 valence electrons. The highest BCUT2D eigenvalue weighted by Gasteiger charge is 2.28. The Bertz CT molecular complexity index is 177. The highest BCUT2D eigenvalue weighted by Crippen LogP contribution is 2.34. The maximum absolute atomic E-state index is 3.42. The Labute approximate surface area is 88.1 Å². The van der Waals surface area contributed by atoms with E-state index in [1.807, 2.05) is 0 Å². The van der Waals surface area contributed by atoms with E-state index in [1.54, 1.807) is 0 Å². The summed E-state index contributed by atoms with van der Waals surface area (Å²) < 4.78 is 0. The van der Waals surface area contributed by atoms with Gasteiger partial charge in [-0.3, -0.25) is 4.90 Å². The Morgan fingerprint density at radius 2 is 2.14 bits per heavy atom. The fourth-order valence-electron chi connectivity index (χ4n) is 2.63. The molecular formula is C12H24N2. The van der Waals surface area contributed by atoms with E-state index in [9.17, 15) is 0 Å². The smallest absolute Gasteiger partial charge is 0.0192 e. The summed E-state index contributed by atoms with van der Waals surface area (Å²) in [6.07, 6.45) is 7.17. The van der Waals surface area contributed by atoms with Crippen LogP contribution < -0.4 is 5.32 Å². The molecule has 2 nitrogen and oxygen atoms in total. The molecule has 0 spiro atoms. The van der Waals surface area contributed by atoms with Gasteiger partial charge in [-0.25, -0.2) is 0 Å². The topological polar surface area (TPSA) is 15.3 Å². The first-order valence-electron chi connectivity index (χ1n) is 6.21. The highest BCUT2D eigenvalue weighted by molar-refractivity contribution is 4.84. The second-order valence-corrected chi connectivity index (χ2v) is 5.15. The number of likely N-dealkylation sites (N-methyl/N-ethyl adjacent to an activating group) is 1. The number of rotatable bonds is 4. The molecule has 1 aliphatic heterocycles. The van der Waals surface area contributed by atoms with Gasteiger partial charge in [0.1, 0.15) is 0 Å². The number of nitrogens with one attached hydrogen (secondary N) is 1. The highest BCUT2D eigenvalue weighted by atomic mass is 15.2. The molecule has 14 heavy (non-hydrogen) atoms. The molecule has 2 heteroatoms. The van der Waals surface area contributed by atoms with E-state index >= 15 is 0 Å². The second kappa shape index (κ2) is 4.63. The summed E-state index contributed by atoms with van der Waals surface area (Å²) in [5.41, 5.74) is 0. The fraction of sp³-hybridized carbons (Fsp3) is 1.00. The van der Waals surface area contributed by atoms with E-state index in [0.29, 0.717) is 0 Å². The molecule has 0 aromatic carbocycles. The second-order valence-electron chi connectivity index (χ2n) is 5.15. The standard InChI is InChI=1S/C12H24N2/c1-10(8-11-5-6-11)14-7-3-4-12(9-14)13-2/h10-13H,3-9H2,1-2H3. The number of likely N-dealkylation sites (tertiary alicyclic amines) is 1. The zero-order valence-electron chi connectivity index (χ0n) is 9.63. The summed E-state index contributed by atoms with van der Waals surface area (Å²) in [4.78, 5) is 2.68. The van der Waals surface area contributed by atoms with Gasteiger partial charge in [0.2, 0.25) is 0 Å². The van der Waals surface area contributed by atoms with Crippen LogP contribution in [-0.2, 0) is 0 Å². The summed E-state index contributed by atoms with van der Waals surface area (Å²) in [5, 5.41) is 3.42. The van der Waals surface area contributed by atoms with Crippen LogP contribution in [0, 0.1) is 5.92 Å². The Balaban J connectivity index is 1.76. The Hall–Kier alpha value is -0.0800. The van der Waals surface area contributed by atoms with Crippen molar-refractivity contribution < 1.29 is 0 Å². The van der Waals surface area contributed by atoms with Gasteiger partial charge in [-0.1, -0.05) is 12.8 Å². The van der Waals surface area contributed by atoms with Crippen molar-refractivity contribution in [3.63, 3.8) is 0 Å². The van der Waals surface area contributed by atoms with Gasteiger partial charge in [-0.15, -0.1) is 0 Å². The van der Waals surface area contributed by atoms with Gasteiger partial charge >= 0.3 is 0 Å². The number of piperidine rings is 1. The molecule has 1 saturated carbocycles. The molecule has 2 rings (SSSR count). The van der Waals surface area contributed by atoms with Crippen LogP contribution in [0.4, 0.5) is 0 Å². The van der Waals surface area contributed by atoms with Crippen molar-refractivity contribution in [2.24, 2.45) is 5.92 Å². The maximum Gasteiger partial charge on any atom is 0.0192 e. The maximum atomic E-state index is 3.42. The SMILES string of the molecule is CNC1CCCN(C(C)CC2CC2)C1.